The van der Waals surface area contributed by atoms with E-state index in [1.54, 1.807) is 62.4 Å². The van der Waals surface area contributed by atoms with Gasteiger partial charge in [0.1, 0.15) is 18.4 Å². The molecule has 3 aromatic rings. The summed E-state index contributed by atoms with van der Waals surface area (Å²) in [6.07, 6.45) is 5.00. The van der Waals surface area contributed by atoms with Crippen molar-refractivity contribution < 1.29 is 22.4 Å². The van der Waals surface area contributed by atoms with Gasteiger partial charge in [-0.15, -0.1) is 0 Å². The number of hydrogen-bond acceptors (Lipinski definition) is 4. The molecule has 1 aliphatic rings. The van der Waals surface area contributed by atoms with Gasteiger partial charge in [-0.2, -0.15) is 0 Å². The van der Waals surface area contributed by atoms with Crippen LogP contribution in [0.1, 0.15) is 55.7 Å². The minimum absolute atomic E-state index is 0.0184. The third-order valence-corrected chi connectivity index (χ3v) is 9.43. The zero-order chi connectivity index (χ0) is 29.6. The number of nitrogens with one attached hydrogen (secondary N) is 1. The van der Waals surface area contributed by atoms with Gasteiger partial charge in [0.25, 0.3) is 10.0 Å². The summed E-state index contributed by atoms with van der Waals surface area (Å²) in [6, 6.07) is 18.3. The average Bonchev–Trinajstić information content (AvgIpc) is 2.96. The highest BCUT2D eigenvalue weighted by Crippen LogP contribution is 2.28. The van der Waals surface area contributed by atoms with Crippen LogP contribution in [0.3, 0.4) is 0 Å². The summed E-state index contributed by atoms with van der Waals surface area (Å²) in [5.41, 5.74) is 2.60. The molecule has 4 rings (SSSR count). The van der Waals surface area contributed by atoms with E-state index < -0.39 is 34.3 Å². The van der Waals surface area contributed by atoms with Gasteiger partial charge in [-0.05, 0) is 75.1 Å². The molecule has 0 heterocycles. The first kappa shape index (κ1) is 30.2. The van der Waals surface area contributed by atoms with E-state index in [2.05, 4.69) is 5.32 Å². The lowest BCUT2D eigenvalue weighted by Crippen LogP contribution is -2.53. The highest BCUT2D eigenvalue weighted by Gasteiger charge is 2.33. The van der Waals surface area contributed by atoms with Crippen LogP contribution >= 0.6 is 0 Å². The van der Waals surface area contributed by atoms with Crippen molar-refractivity contribution in [3.63, 3.8) is 0 Å². The third-order valence-electron chi connectivity index (χ3n) is 7.66. The molecule has 0 saturated heterocycles. The Labute approximate surface area is 242 Å². The number of carbonyl (C=O) groups is 2. The number of aryl methyl sites for hydroxylation is 2. The molecule has 218 valence electrons. The van der Waals surface area contributed by atoms with Crippen LogP contribution < -0.4 is 9.62 Å². The molecule has 1 saturated carbocycles. The molecule has 0 spiro atoms. The molecule has 1 N–H and O–H groups in total. The number of halogens is 1. The molecular weight excluding hydrogens is 541 g/mol. The summed E-state index contributed by atoms with van der Waals surface area (Å²) in [5.74, 6) is -1.25. The molecule has 0 aliphatic heterocycles. The minimum atomic E-state index is -4.13. The summed E-state index contributed by atoms with van der Waals surface area (Å²) in [4.78, 5) is 28.8. The first-order valence-electron chi connectivity index (χ1n) is 14.1. The fourth-order valence-electron chi connectivity index (χ4n) is 5.13. The number of para-hydroxylation sites is 1. The molecule has 2 amide bonds. The van der Waals surface area contributed by atoms with Gasteiger partial charge in [0.2, 0.25) is 11.8 Å². The smallest absolute Gasteiger partial charge is 0.264 e. The standard InChI is InChI=1S/C32H38FN3O4S/c1-23-13-19-29(20-14-23)41(39,40)36(30-12-8-7-9-24(30)2)22-31(37)35(21-26-15-17-27(33)18-16-26)25(3)32(38)34-28-10-5-4-6-11-28/h7-9,12-20,25,28H,4-6,10-11,21-22H2,1-3H3,(H,34,38). The van der Waals surface area contributed by atoms with E-state index in [1.807, 2.05) is 6.92 Å². The average molecular weight is 580 g/mol. The zero-order valence-electron chi connectivity index (χ0n) is 23.8. The van der Waals surface area contributed by atoms with Crippen LogP contribution in [-0.4, -0.2) is 43.8 Å². The van der Waals surface area contributed by atoms with E-state index in [0.29, 0.717) is 16.8 Å². The number of rotatable bonds is 10. The number of anilines is 1. The summed E-state index contributed by atoms with van der Waals surface area (Å²) in [6.45, 7) is 4.81. The van der Waals surface area contributed by atoms with Crippen molar-refractivity contribution in [1.29, 1.82) is 0 Å². The lowest BCUT2D eigenvalue weighted by atomic mass is 9.95. The Hall–Kier alpha value is -3.72. The van der Waals surface area contributed by atoms with Crippen molar-refractivity contribution in [2.24, 2.45) is 0 Å². The van der Waals surface area contributed by atoms with Crippen molar-refractivity contribution in [1.82, 2.24) is 10.2 Å². The van der Waals surface area contributed by atoms with Crippen LogP contribution in [0, 0.1) is 19.7 Å². The number of hydrogen-bond donors (Lipinski definition) is 1. The topological polar surface area (TPSA) is 86.8 Å². The minimum Gasteiger partial charge on any atom is -0.352 e. The zero-order valence-corrected chi connectivity index (χ0v) is 24.7. The molecule has 1 unspecified atom stereocenters. The molecular formula is C32H38FN3O4S. The predicted octanol–water partition coefficient (Wildman–Crippen LogP) is 5.50. The van der Waals surface area contributed by atoms with Crippen molar-refractivity contribution in [2.45, 2.75) is 76.4 Å². The molecule has 3 aromatic carbocycles. The molecule has 0 aromatic heterocycles. The first-order chi connectivity index (χ1) is 19.6. The quantitative estimate of drug-likeness (QED) is 0.344. The second-order valence-electron chi connectivity index (χ2n) is 10.8. The fourth-order valence-corrected chi connectivity index (χ4v) is 6.61. The summed E-state index contributed by atoms with van der Waals surface area (Å²) >= 11 is 0. The highest BCUT2D eigenvalue weighted by molar-refractivity contribution is 7.92. The molecule has 0 bridgehead atoms. The van der Waals surface area contributed by atoms with Crippen LogP contribution in [0.2, 0.25) is 0 Å². The van der Waals surface area contributed by atoms with Crippen LogP contribution in [0.5, 0.6) is 0 Å². The van der Waals surface area contributed by atoms with E-state index in [0.717, 1.165) is 42.0 Å². The Bertz CT molecular complexity index is 1450. The Balaban J connectivity index is 1.68. The molecule has 1 fully saturated rings. The van der Waals surface area contributed by atoms with Crippen LogP contribution in [0.15, 0.2) is 77.7 Å². The summed E-state index contributed by atoms with van der Waals surface area (Å²) in [7, 11) is -4.13. The van der Waals surface area contributed by atoms with Gasteiger partial charge in [-0.25, -0.2) is 12.8 Å². The molecule has 0 radical (unpaired) electrons. The maximum absolute atomic E-state index is 14.0. The predicted molar refractivity (Wildman–Crippen MR) is 158 cm³/mol. The number of carbonyl (C=O) groups excluding carboxylic acids is 2. The summed E-state index contributed by atoms with van der Waals surface area (Å²) in [5, 5.41) is 3.08. The Morgan fingerprint density at radius 2 is 1.56 bits per heavy atom. The number of nitrogens with zero attached hydrogens (tertiary/aromatic N) is 2. The molecule has 7 nitrogen and oxygen atoms in total. The fraction of sp³-hybridized carbons (Fsp3) is 0.375. The van der Waals surface area contributed by atoms with E-state index in [9.17, 15) is 22.4 Å². The van der Waals surface area contributed by atoms with Crippen LogP contribution in [-0.2, 0) is 26.2 Å². The normalized spacial score (nSPS) is 14.7. The molecule has 9 heteroatoms. The van der Waals surface area contributed by atoms with Crippen molar-refractivity contribution >= 4 is 27.5 Å². The highest BCUT2D eigenvalue weighted by atomic mass is 32.2. The van der Waals surface area contributed by atoms with Crippen molar-refractivity contribution in [3.8, 4) is 0 Å². The maximum Gasteiger partial charge on any atom is 0.264 e. The van der Waals surface area contributed by atoms with Gasteiger partial charge in [0.15, 0.2) is 0 Å². The van der Waals surface area contributed by atoms with E-state index in [-0.39, 0.29) is 23.4 Å². The number of benzene rings is 3. The first-order valence-corrected chi connectivity index (χ1v) is 15.5. The molecule has 41 heavy (non-hydrogen) atoms. The Morgan fingerprint density at radius 3 is 2.20 bits per heavy atom. The van der Waals surface area contributed by atoms with Gasteiger partial charge in [-0.3, -0.25) is 13.9 Å². The summed E-state index contributed by atoms with van der Waals surface area (Å²) < 4.78 is 42.6. The van der Waals surface area contributed by atoms with Crippen LogP contribution in [0.4, 0.5) is 10.1 Å². The number of sulfonamides is 1. The molecule has 1 atom stereocenters. The molecule has 1 aliphatic carbocycles. The lowest BCUT2D eigenvalue weighted by Gasteiger charge is -2.33. The van der Waals surface area contributed by atoms with Crippen molar-refractivity contribution in [2.75, 3.05) is 10.8 Å². The monoisotopic (exact) mass is 579 g/mol. The maximum atomic E-state index is 14.0. The van der Waals surface area contributed by atoms with Gasteiger partial charge in [0.05, 0.1) is 10.6 Å². The Morgan fingerprint density at radius 1 is 0.927 bits per heavy atom. The number of amides is 2. The van der Waals surface area contributed by atoms with E-state index in [4.69, 9.17) is 0 Å². The van der Waals surface area contributed by atoms with Crippen LogP contribution in [0.25, 0.3) is 0 Å². The second kappa shape index (κ2) is 13.3. The largest absolute Gasteiger partial charge is 0.352 e. The van der Waals surface area contributed by atoms with Gasteiger partial charge >= 0.3 is 0 Å². The van der Waals surface area contributed by atoms with E-state index >= 15 is 0 Å². The van der Waals surface area contributed by atoms with Crippen molar-refractivity contribution in [3.05, 3.63) is 95.3 Å². The second-order valence-corrected chi connectivity index (χ2v) is 12.6. The SMILES string of the molecule is Cc1ccc(S(=O)(=O)N(CC(=O)N(Cc2ccc(F)cc2)C(C)C(=O)NC2CCCCC2)c2ccccc2C)cc1. The Kier molecular flexibility index (Phi) is 9.81. The lowest BCUT2D eigenvalue weighted by molar-refractivity contribution is -0.139. The van der Waals surface area contributed by atoms with Gasteiger partial charge in [-0.1, -0.05) is 67.3 Å². The van der Waals surface area contributed by atoms with Gasteiger partial charge < -0.3 is 10.2 Å². The van der Waals surface area contributed by atoms with Gasteiger partial charge in [0, 0.05) is 12.6 Å². The third kappa shape index (κ3) is 7.52. The van der Waals surface area contributed by atoms with E-state index in [1.165, 1.54) is 29.2 Å².